The molecular weight excluding hydrogens is 390 g/mol. The second kappa shape index (κ2) is 9.04. The van der Waals surface area contributed by atoms with E-state index in [1.165, 1.54) is 0 Å². The molecule has 1 fully saturated rings. The van der Waals surface area contributed by atoms with Crippen LogP contribution in [-0.4, -0.2) is 68.7 Å². The predicted octanol–water partition coefficient (Wildman–Crippen LogP) is 1.07. The third-order valence-electron chi connectivity index (χ3n) is 4.39. The van der Waals surface area contributed by atoms with Gasteiger partial charge in [0.1, 0.15) is 24.4 Å². The van der Waals surface area contributed by atoms with Crippen LogP contribution in [0.2, 0.25) is 5.02 Å². The Morgan fingerprint density at radius 2 is 1.86 bits per heavy atom. The zero-order chi connectivity index (χ0) is 21.2. The summed E-state index contributed by atoms with van der Waals surface area (Å²) in [7, 11) is 0. The van der Waals surface area contributed by atoms with Gasteiger partial charge in [-0.25, -0.2) is 4.79 Å². The molecule has 1 aromatic rings. The number of carbonyl (C=O) groups is 1. The average Bonchev–Trinajstić information content (AvgIpc) is 2.57. The molecule has 2 unspecified atom stereocenters. The van der Waals surface area contributed by atoms with Crippen LogP contribution in [-0.2, 0) is 14.3 Å². The fraction of sp³-hybridized carbons (Fsp3) is 0.632. The largest absolute Gasteiger partial charge is 0.479 e. The molecule has 1 aromatic carbocycles. The van der Waals surface area contributed by atoms with Crippen LogP contribution in [0.15, 0.2) is 24.3 Å². The molecule has 1 aliphatic heterocycles. The summed E-state index contributed by atoms with van der Waals surface area (Å²) in [6, 6.07) is 6.64. The lowest BCUT2D eigenvalue weighted by atomic mass is 9.97. The number of aliphatic hydroxyl groups excluding tert-OH is 3. The Balaban J connectivity index is 2.31. The molecule has 0 aromatic heterocycles. The maximum Gasteiger partial charge on any atom is 0.335 e. The lowest BCUT2D eigenvalue weighted by molar-refractivity contribution is -0.307. The number of carboxylic acids is 1. The zero-order valence-electron chi connectivity index (χ0n) is 16.2. The Morgan fingerprint density at radius 1 is 1.21 bits per heavy atom. The van der Waals surface area contributed by atoms with E-state index in [2.05, 4.69) is 5.32 Å². The van der Waals surface area contributed by atoms with E-state index in [1.807, 2.05) is 27.7 Å². The normalized spacial score (nSPS) is 30.6. The number of aliphatic hydroxyl groups is 3. The molecule has 0 aliphatic carbocycles. The van der Waals surface area contributed by atoms with Crippen molar-refractivity contribution in [1.29, 1.82) is 0 Å². The second-order valence-electron chi connectivity index (χ2n) is 8.03. The molecule has 0 spiro atoms. The van der Waals surface area contributed by atoms with Crippen molar-refractivity contribution in [2.24, 2.45) is 0 Å². The number of halogens is 1. The number of ether oxygens (including phenoxy) is 2. The van der Waals surface area contributed by atoms with Crippen LogP contribution in [0, 0.1) is 0 Å². The van der Waals surface area contributed by atoms with Crippen molar-refractivity contribution in [2.75, 3.05) is 0 Å². The topological polar surface area (TPSA) is 128 Å². The smallest absolute Gasteiger partial charge is 0.335 e. The molecule has 0 amide bonds. The molecule has 0 saturated carbocycles. The number of nitrogens with one attached hydrogen (secondary N) is 1. The summed E-state index contributed by atoms with van der Waals surface area (Å²) in [5, 5.41) is 43.2. The highest BCUT2D eigenvalue weighted by molar-refractivity contribution is 6.30. The SMILES string of the molecule is C[C@H](NC(C)(C)C)[C@@H](O[C@@H]1O[C@H](C(=O)O)[C@@H](O)C(O)C1O)c1cccc(Cl)c1. The van der Waals surface area contributed by atoms with Crippen molar-refractivity contribution in [1.82, 2.24) is 5.32 Å². The summed E-state index contributed by atoms with van der Waals surface area (Å²) in [6.45, 7) is 7.80. The van der Waals surface area contributed by atoms with Crippen LogP contribution in [0.1, 0.15) is 39.4 Å². The molecule has 1 heterocycles. The van der Waals surface area contributed by atoms with Gasteiger partial charge in [-0.15, -0.1) is 0 Å². The Labute approximate surface area is 169 Å². The predicted molar refractivity (Wildman–Crippen MR) is 102 cm³/mol. The monoisotopic (exact) mass is 417 g/mol. The van der Waals surface area contributed by atoms with E-state index in [0.29, 0.717) is 10.6 Å². The lowest BCUT2D eigenvalue weighted by Gasteiger charge is -2.41. The van der Waals surface area contributed by atoms with E-state index in [-0.39, 0.29) is 11.6 Å². The number of hydrogen-bond donors (Lipinski definition) is 5. The summed E-state index contributed by atoms with van der Waals surface area (Å²) >= 11 is 6.10. The van der Waals surface area contributed by atoms with Gasteiger partial charge in [0, 0.05) is 16.6 Å². The van der Waals surface area contributed by atoms with Crippen molar-refractivity contribution in [3.63, 3.8) is 0 Å². The molecule has 1 aliphatic rings. The van der Waals surface area contributed by atoms with Gasteiger partial charge >= 0.3 is 5.97 Å². The Morgan fingerprint density at radius 3 is 2.39 bits per heavy atom. The minimum atomic E-state index is -1.78. The van der Waals surface area contributed by atoms with E-state index in [1.54, 1.807) is 24.3 Å². The molecule has 7 atom stereocenters. The number of benzene rings is 1. The molecule has 2 rings (SSSR count). The van der Waals surface area contributed by atoms with Gasteiger partial charge in [-0.1, -0.05) is 23.7 Å². The first-order valence-electron chi connectivity index (χ1n) is 9.02. The van der Waals surface area contributed by atoms with Gasteiger partial charge in [0.05, 0.1) is 0 Å². The van der Waals surface area contributed by atoms with Gasteiger partial charge in [0.15, 0.2) is 12.4 Å². The van der Waals surface area contributed by atoms with Crippen LogP contribution in [0.4, 0.5) is 0 Å². The maximum atomic E-state index is 11.3. The molecule has 8 nitrogen and oxygen atoms in total. The quantitative estimate of drug-likeness (QED) is 0.465. The van der Waals surface area contributed by atoms with E-state index < -0.39 is 42.8 Å². The van der Waals surface area contributed by atoms with E-state index in [4.69, 9.17) is 21.1 Å². The van der Waals surface area contributed by atoms with Crippen molar-refractivity contribution in [2.45, 2.75) is 76.1 Å². The van der Waals surface area contributed by atoms with Gasteiger partial charge in [0.2, 0.25) is 0 Å². The number of rotatable bonds is 6. The highest BCUT2D eigenvalue weighted by Crippen LogP contribution is 2.31. The first-order chi connectivity index (χ1) is 12.9. The fourth-order valence-electron chi connectivity index (χ4n) is 3.24. The van der Waals surface area contributed by atoms with Gasteiger partial charge in [-0.3, -0.25) is 0 Å². The van der Waals surface area contributed by atoms with Gasteiger partial charge in [-0.05, 0) is 45.4 Å². The van der Waals surface area contributed by atoms with E-state index in [0.717, 1.165) is 0 Å². The molecule has 0 radical (unpaired) electrons. The van der Waals surface area contributed by atoms with Gasteiger partial charge < -0.3 is 35.2 Å². The fourth-order valence-corrected chi connectivity index (χ4v) is 3.44. The first-order valence-corrected chi connectivity index (χ1v) is 9.39. The molecule has 1 saturated heterocycles. The Kier molecular flexibility index (Phi) is 7.44. The Hall–Kier alpha value is -1.26. The molecule has 9 heteroatoms. The van der Waals surface area contributed by atoms with Crippen molar-refractivity contribution in [3.8, 4) is 0 Å². The van der Waals surface area contributed by atoms with Crippen molar-refractivity contribution >= 4 is 17.6 Å². The molecular formula is C19H28ClNO7. The van der Waals surface area contributed by atoms with Gasteiger partial charge in [0.25, 0.3) is 0 Å². The molecule has 0 bridgehead atoms. The zero-order valence-corrected chi connectivity index (χ0v) is 17.0. The Bertz CT molecular complexity index is 680. The highest BCUT2D eigenvalue weighted by atomic mass is 35.5. The minimum Gasteiger partial charge on any atom is -0.479 e. The number of hydrogen-bond acceptors (Lipinski definition) is 7. The lowest BCUT2D eigenvalue weighted by Crippen LogP contribution is -2.61. The average molecular weight is 418 g/mol. The standard InChI is InChI=1S/C19H28ClNO7/c1-9(21-19(2,3)4)15(10-6-5-7-11(20)8-10)27-18-14(24)12(22)13(23)16(28-18)17(25)26/h5-9,12-16,18,21-24H,1-4H3,(H,25,26)/t9-,12?,13-,14?,15+,16-,18+/m0/s1. The summed E-state index contributed by atoms with van der Waals surface area (Å²) in [5.41, 5.74) is 0.422. The molecule has 28 heavy (non-hydrogen) atoms. The second-order valence-corrected chi connectivity index (χ2v) is 8.47. The summed E-state index contributed by atoms with van der Waals surface area (Å²) < 4.78 is 11.2. The van der Waals surface area contributed by atoms with Crippen LogP contribution in [0.3, 0.4) is 0 Å². The highest BCUT2D eigenvalue weighted by Gasteiger charge is 2.48. The number of aliphatic carboxylic acids is 1. The van der Waals surface area contributed by atoms with Gasteiger partial charge in [-0.2, -0.15) is 0 Å². The maximum absolute atomic E-state index is 11.3. The van der Waals surface area contributed by atoms with Crippen LogP contribution in [0.5, 0.6) is 0 Å². The van der Waals surface area contributed by atoms with E-state index >= 15 is 0 Å². The van der Waals surface area contributed by atoms with Crippen LogP contribution < -0.4 is 5.32 Å². The minimum absolute atomic E-state index is 0.259. The summed E-state index contributed by atoms with van der Waals surface area (Å²) in [4.78, 5) is 11.3. The summed E-state index contributed by atoms with van der Waals surface area (Å²) in [6.07, 6.45) is -9.02. The third-order valence-corrected chi connectivity index (χ3v) is 4.62. The number of carboxylic acid groups (broad SMARTS) is 1. The van der Waals surface area contributed by atoms with Crippen LogP contribution >= 0.6 is 11.6 Å². The molecule has 158 valence electrons. The summed E-state index contributed by atoms with van der Waals surface area (Å²) in [5.74, 6) is -1.47. The first kappa shape index (κ1) is 23.0. The van der Waals surface area contributed by atoms with Crippen LogP contribution in [0.25, 0.3) is 0 Å². The van der Waals surface area contributed by atoms with E-state index in [9.17, 15) is 25.2 Å². The molecule has 5 N–H and O–H groups in total. The third kappa shape index (κ3) is 5.64. The van der Waals surface area contributed by atoms with Crippen molar-refractivity contribution < 1.29 is 34.7 Å². The van der Waals surface area contributed by atoms with Crippen molar-refractivity contribution in [3.05, 3.63) is 34.9 Å².